The average molecular weight is 623 g/mol. The van der Waals surface area contributed by atoms with Crippen LogP contribution in [0.25, 0.3) is 0 Å². The average Bonchev–Trinajstić information content (AvgIpc) is 3.02. The Kier molecular flexibility index (Phi) is 35.0. The number of hydrogen-bond acceptors (Lipinski definition) is 5. The highest BCUT2D eigenvalue weighted by atomic mass is 16.6. The third kappa shape index (κ3) is 33.5. The predicted octanol–water partition coefficient (Wildman–Crippen LogP) is 11.7. The van der Waals surface area contributed by atoms with Crippen LogP contribution in [-0.4, -0.2) is 36.4 Å². The van der Waals surface area contributed by atoms with Gasteiger partial charge in [-0.2, -0.15) is 0 Å². The molecule has 0 saturated heterocycles. The second-order valence-corrected chi connectivity index (χ2v) is 13.0. The molecular weight excluding hydrogens is 548 g/mol. The first-order valence-electron chi connectivity index (χ1n) is 19.2. The molecule has 0 aliphatic rings. The molecule has 0 radical (unpaired) electrons. The van der Waals surface area contributed by atoms with Crippen LogP contribution in [0.15, 0.2) is 12.2 Å². The fourth-order valence-electron chi connectivity index (χ4n) is 5.61. The van der Waals surface area contributed by atoms with Gasteiger partial charge in [0.2, 0.25) is 0 Å². The van der Waals surface area contributed by atoms with Crippen LogP contribution >= 0.6 is 0 Å². The molecule has 0 fully saturated rings. The SMILES string of the molecule is CCCCC/C=C/CCCCCCCC(=O)O[C@@H](CO)COC(=O)CCCCCCCCCCCCCCCCCCCC. The third-order valence-corrected chi connectivity index (χ3v) is 8.56. The highest BCUT2D eigenvalue weighted by Crippen LogP contribution is 2.15. The molecule has 5 heteroatoms. The normalized spacial score (nSPS) is 12.2. The van der Waals surface area contributed by atoms with Crippen LogP contribution in [0.3, 0.4) is 0 Å². The minimum Gasteiger partial charge on any atom is -0.462 e. The van der Waals surface area contributed by atoms with Crippen LogP contribution in [0.5, 0.6) is 0 Å². The summed E-state index contributed by atoms with van der Waals surface area (Å²) < 4.78 is 10.6. The fourth-order valence-corrected chi connectivity index (χ4v) is 5.61. The van der Waals surface area contributed by atoms with Crippen molar-refractivity contribution in [3.63, 3.8) is 0 Å². The number of carbonyl (C=O) groups excluding carboxylic acids is 2. The van der Waals surface area contributed by atoms with Gasteiger partial charge in [-0.1, -0.05) is 167 Å². The molecule has 5 nitrogen and oxygen atoms in total. The number of esters is 2. The Morgan fingerprint density at radius 1 is 0.500 bits per heavy atom. The van der Waals surface area contributed by atoms with Crippen LogP contribution in [0.1, 0.15) is 206 Å². The number of aliphatic hydroxyl groups excluding tert-OH is 1. The Hall–Kier alpha value is -1.36. The maximum absolute atomic E-state index is 12.1. The largest absolute Gasteiger partial charge is 0.462 e. The van der Waals surface area contributed by atoms with Crippen molar-refractivity contribution in [3.8, 4) is 0 Å². The number of hydrogen-bond donors (Lipinski definition) is 1. The van der Waals surface area contributed by atoms with Gasteiger partial charge in [-0.3, -0.25) is 9.59 Å². The number of unbranched alkanes of at least 4 members (excludes halogenated alkanes) is 25. The van der Waals surface area contributed by atoms with Gasteiger partial charge in [-0.15, -0.1) is 0 Å². The smallest absolute Gasteiger partial charge is 0.306 e. The van der Waals surface area contributed by atoms with Gasteiger partial charge in [-0.05, 0) is 38.5 Å². The molecular formula is C39H74O5. The molecule has 0 rings (SSSR count). The van der Waals surface area contributed by atoms with Gasteiger partial charge in [0.05, 0.1) is 6.61 Å². The van der Waals surface area contributed by atoms with Gasteiger partial charge in [0.15, 0.2) is 6.10 Å². The van der Waals surface area contributed by atoms with E-state index in [9.17, 15) is 14.7 Å². The molecule has 0 aromatic heterocycles. The van der Waals surface area contributed by atoms with Crippen molar-refractivity contribution < 1.29 is 24.2 Å². The van der Waals surface area contributed by atoms with Crippen molar-refractivity contribution in [2.24, 2.45) is 0 Å². The molecule has 0 unspecified atom stereocenters. The molecule has 44 heavy (non-hydrogen) atoms. The topological polar surface area (TPSA) is 72.8 Å². The first kappa shape index (κ1) is 42.6. The molecule has 260 valence electrons. The zero-order valence-electron chi connectivity index (χ0n) is 29.4. The molecule has 0 heterocycles. The molecule has 0 aliphatic heterocycles. The lowest BCUT2D eigenvalue weighted by molar-refractivity contribution is -0.161. The number of aliphatic hydroxyl groups is 1. The van der Waals surface area contributed by atoms with E-state index in [1.807, 2.05) is 0 Å². The number of rotatable bonds is 35. The lowest BCUT2D eigenvalue weighted by Gasteiger charge is -2.15. The van der Waals surface area contributed by atoms with Gasteiger partial charge in [0.25, 0.3) is 0 Å². The minimum absolute atomic E-state index is 0.0634. The zero-order valence-corrected chi connectivity index (χ0v) is 29.4. The van der Waals surface area contributed by atoms with Crippen LogP contribution in [-0.2, 0) is 19.1 Å². The van der Waals surface area contributed by atoms with Crippen molar-refractivity contribution in [1.29, 1.82) is 0 Å². The van der Waals surface area contributed by atoms with Crippen molar-refractivity contribution in [1.82, 2.24) is 0 Å². The van der Waals surface area contributed by atoms with Crippen LogP contribution in [0.2, 0.25) is 0 Å². The summed E-state index contributed by atoms with van der Waals surface area (Å²) in [5.74, 6) is -0.592. The standard InChI is InChI=1S/C39H74O5/c1-3-5-7-9-11-13-15-17-18-19-20-21-22-24-25-27-29-31-33-38(41)43-36-37(35-40)44-39(42)34-32-30-28-26-23-16-14-12-10-8-6-4-2/h12,14,37,40H,3-11,13,15-36H2,1-2H3/b14-12+/t37-/m0/s1. The summed E-state index contributed by atoms with van der Waals surface area (Å²) in [4.78, 5) is 24.2. The number of ether oxygens (including phenoxy) is 2. The molecule has 1 N–H and O–H groups in total. The summed E-state index contributed by atoms with van der Waals surface area (Å²) >= 11 is 0. The van der Waals surface area contributed by atoms with E-state index in [1.54, 1.807) is 0 Å². The second kappa shape index (κ2) is 36.1. The van der Waals surface area contributed by atoms with Gasteiger partial charge in [-0.25, -0.2) is 0 Å². The summed E-state index contributed by atoms with van der Waals surface area (Å²) in [6, 6.07) is 0. The summed E-state index contributed by atoms with van der Waals surface area (Å²) in [6.07, 6.45) is 39.9. The van der Waals surface area contributed by atoms with E-state index in [-0.39, 0.29) is 25.2 Å². The van der Waals surface area contributed by atoms with E-state index in [0.717, 1.165) is 38.5 Å². The summed E-state index contributed by atoms with van der Waals surface area (Å²) in [5.41, 5.74) is 0. The molecule has 0 aromatic rings. The predicted molar refractivity (Wildman–Crippen MR) is 187 cm³/mol. The minimum atomic E-state index is -0.768. The lowest BCUT2D eigenvalue weighted by Crippen LogP contribution is -2.28. The molecule has 0 aromatic carbocycles. The second-order valence-electron chi connectivity index (χ2n) is 13.0. The van der Waals surface area contributed by atoms with E-state index in [0.29, 0.717) is 12.8 Å². The van der Waals surface area contributed by atoms with Gasteiger partial charge in [0.1, 0.15) is 6.61 Å². The Bertz CT molecular complexity index is 632. The van der Waals surface area contributed by atoms with Gasteiger partial charge < -0.3 is 14.6 Å². The van der Waals surface area contributed by atoms with E-state index in [2.05, 4.69) is 26.0 Å². The first-order chi connectivity index (χ1) is 21.6. The van der Waals surface area contributed by atoms with E-state index in [1.165, 1.54) is 141 Å². The van der Waals surface area contributed by atoms with Crippen molar-refractivity contribution in [2.75, 3.05) is 13.2 Å². The first-order valence-corrected chi connectivity index (χ1v) is 19.2. The molecule has 0 aliphatic carbocycles. The highest BCUT2D eigenvalue weighted by molar-refractivity contribution is 5.70. The van der Waals surface area contributed by atoms with Crippen molar-refractivity contribution in [3.05, 3.63) is 12.2 Å². The maximum Gasteiger partial charge on any atom is 0.306 e. The zero-order chi connectivity index (χ0) is 32.2. The molecule has 0 amide bonds. The summed E-state index contributed by atoms with van der Waals surface area (Å²) in [7, 11) is 0. The molecule has 1 atom stereocenters. The van der Waals surface area contributed by atoms with Crippen LogP contribution in [0.4, 0.5) is 0 Å². The summed E-state index contributed by atoms with van der Waals surface area (Å²) in [5, 5.41) is 9.53. The van der Waals surface area contributed by atoms with Gasteiger partial charge >= 0.3 is 11.9 Å². The lowest BCUT2D eigenvalue weighted by atomic mass is 10.0. The maximum atomic E-state index is 12.1. The monoisotopic (exact) mass is 623 g/mol. The highest BCUT2D eigenvalue weighted by Gasteiger charge is 2.16. The fraction of sp³-hybridized carbons (Fsp3) is 0.897. The van der Waals surface area contributed by atoms with E-state index < -0.39 is 6.10 Å². The van der Waals surface area contributed by atoms with E-state index >= 15 is 0 Å². The third-order valence-electron chi connectivity index (χ3n) is 8.56. The molecule has 0 saturated carbocycles. The Morgan fingerprint density at radius 3 is 1.27 bits per heavy atom. The molecule has 0 bridgehead atoms. The van der Waals surface area contributed by atoms with Crippen LogP contribution < -0.4 is 0 Å². The summed E-state index contributed by atoms with van der Waals surface area (Å²) in [6.45, 7) is 4.12. The quantitative estimate of drug-likeness (QED) is 0.0432. The number of carbonyl (C=O) groups is 2. The van der Waals surface area contributed by atoms with Crippen LogP contribution in [0, 0.1) is 0 Å². The van der Waals surface area contributed by atoms with Gasteiger partial charge in [0, 0.05) is 12.8 Å². The Labute approximate surface area is 273 Å². The van der Waals surface area contributed by atoms with Crippen molar-refractivity contribution >= 4 is 11.9 Å². The van der Waals surface area contributed by atoms with E-state index in [4.69, 9.17) is 9.47 Å². The Morgan fingerprint density at radius 2 is 0.841 bits per heavy atom. The number of allylic oxidation sites excluding steroid dienone is 2. The van der Waals surface area contributed by atoms with Crippen molar-refractivity contribution in [2.45, 2.75) is 213 Å². The molecule has 0 spiro atoms. The Balaban J connectivity index is 3.50.